The molecule has 2 aromatic carbocycles. The molecule has 2 aliphatic rings. The van der Waals surface area contributed by atoms with Gasteiger partial charge in [0.25, 0.3) is 5.91 Å². The van der Waals surface area contributed by atoms with Gasteiger partial charge < -0.3 is 40.4 Å². The lowest BCUT2D eigenvalue weighted by Crippen LogP contribution is -2.54. The second-order valence-corrected chi connectivity index (χ2v) is 13.8. The summed E-state index contributed by atoms with van der Waals surface area (Å²) in [5.74, 6) is -3.12. The van der Waals surface area contributed by atoms with Gasteiger partial charge in [-0.05, 0) is 49.7 Å². The van der Waals surface area contributed by atoms with Gasteiger partial charge in [0, 0.05) is 74.4 Å². The summed E-state index contributed by atoms with van der Waals surface area (Å²) < 4.78 is 60.9. The van der Waals surface area contributed by atoms with Crippen LogP contribution in [0.2, 0.25) is 5.02 Å². The van der Waals surface area contributed by atoms with Gasteiger partial charge in [-0.2, -0.15) is 13.2 Å². The third-order valence-corrected chi connectivity index (χ3v) is 9.96. The van der Waals surface area contributed by atoms with E-state index < -0.39 is 30.5 Å². The molecular formula is C36H41ClF4N8O5. The molecule has 13 nitrogen and oxygen atoms in total. The van der Waals surface area contributed by atoms with E-state index in [4.69, 9.17) is 21.5 Å². The summed E-state index contributed by atoms with van der Waals surface area (Å²) in [5, 5.41) is 20.8. The Labute approximate surface area is 313 Å². The Morgan fingerprint density at radius 2 is 1.85 bits per heavy atom. The number of amides is 2. The molecule has 2 aromatic heterocycles. The third-order valence-electron chi connectivity index (χ3n) is 9.65. The number of benzene rings is 2. The van der Waals surface area contributed by atoms with Crippen molar-refractivity contribution in [1.29, 1.82) is 0 Å². The summed E-state index contributed by atoms with van der Waals surface area (Å²) in [7, 11) is 2.30. The molecule has 290 valence electrons. The van der Waals surface area contributed by atoms with Crippen LogP contribution in [0.5, 0.6) is 5.75 Å². The first kappa shape index (κ1) is 40.2. The maximum absolute atomic E-state index is 14.8. The summed E-state index contributed by atoms with van der Waals surface area (Å²) in [6.45, 7) is 2.39. The zero-order chi connectivity index (χ0) is 38.8. The van der Waals surface area contributed by atoms with E-state index in [-0.39, 0.29) is 51.0 Å². The fraction of sp³-hybridized carbons (Fsp3) is 0.417. The number of hydrogen-bond acceptors (Lipinski definition) is 9. The lowest BCUT2D eigenvalue weighted by atomic mass is 9.93. The van der Waals surface area contributed by atoms with Crippen LogP contribution in [0.25, 0.3) is 16.9 Å². The zero-order valence-corrected chi connectivity index (χ0v) is 30.2. The molecule has 0 spiro atoms. The van der Waals surface area contributed by atoms with Crippen LogP contribution < -0.4 is 31.1 Å². The number of quaternary nitrogens is 1. The van der Waals surface area contributed by atoms with E-state index in [0.29, 0.717) is 25.2 Å². The summed E-state index contributed by atoms with van der Waals surface area (Å²) in [5.41, 5.74) is 0.910. The Kier molecular flexibility index (Phi) is 13.7. The number of piperidine rings is 1. The molecule has 4 aromatic rings. The lowest BCUT2D eigenvalue weighted by Gasteiger charge is -2.41. The summed E-state index contributed by atoms with van der Waals surface area (Å²) in [6.07, 6.45) is 7.75. The first-order valence-electron chi connectivity index (χ1n) is 17.4. The molecule has 2 aliphatic heterocycles. The third kappa shape index (κ3) is 9.95. The first-order valence-corrected chi connectivity index (χ1v) is 17.8. The van der Waals surface area contributed by atoms with Crippen molar-refractivity contribution in [1.82, 2.24) is 30.3 Å². The largest absolute Gasteiger partial charge is 0.554 e. The number of ether oxygens (including phenoxy) is 1. The number of alkyl halides is 2. The molecule has 18 heteroatoms. The van der Waals surface area contributed by atoms with Gasteiger partial charge in [0.1, 0.15) is 0 Å². The number of carbonyl (C=O) groups excluding carboxylic acids is 3. The van der Waals surface area contributed by atoms with Crippen molar-refractivity contribution in [3.05, 3.63) is 71.1 Å². The van der Waals surface area contributed by atoms with Gasteiger partial charge in [-0.25, -0.2) is 14.4 Å². The topological polar surface area (TPSA) is 162 Å². The smallest absolute Gasteiger partial charge is 0.387 e. The number of fused-ring (bicyclic) bond motifs is 1. The summed E-state index contributed by atoms with van der Waals surface area (Å²) >= 11 is 6.47. The maximum Gasteiger partial charge on any atom is 0.387 e. The summed E-state index contributed by atoms with van der Waals surface area (Å²) in [4.78, 5) is 42.5. The molecule has 6 rings (SSSR count). The normalized spacial score (nSPS) is 19.5. The predicted molar refractivity (Wildman–Crippen MR) is 190 cm³/mol. The lowest BCUT2D eigenvalue weighted by molar-refractivity contribution is -0.917. The standard InChI is InChI=1S/C35H39ClF4N8O3.CH2O2/c1-48(20-21-7-12-41-18-21)15-8-22(9-16-48)33(49)43-10-2-11-44-34(50)24-4-3-23(17-26(24)36)46-31-32-45-19-27(47(32)14-13-42-31)25-5-6-28(51-35(39)40)30(38)29(25)37;2-1-3/h3-6,13-14,17,19,21-22,35,41H,2,7-12,15-16,18,20H2,1H3,(H2-,42,43,44,46,49,50);1H,(H,2,3). The molecule has 54 heavy (non-hydrogen) atoms. The highest BCUT2D eigenvalue weighted by Gasteiger charge is 2.35. The molecule has 0 saturated carbocycles. The molecule has 0 aliphatic carbocycles. The highest BCUT2D eigenvalue weighted by Crippen LogP contribution is 2.33. The molecule has 2 fully saturated rings. The Bertz CT molecular complexity index is 1940. The molecular weight excluding hydrogens is 736 g/mol. The number of imidazole rings is 1. The molecule has 4 N–H and O–H groups in total. The second-order valence-electron chi connectivity index (χ2n) is 13.4. The van der Waals surface area contributed by atoms with Crippen molar-refractivity contribution in [2.45, 2.75) is 32.3 Å². The van der Waals surface area contributed by atoms with Gasteiger partial charge in [-0.3, -0.25) is 14.0 Å². The minimum absolute atomic E-state index is 0.0264. The zero-order valence-electron chi connectivity index (χ0n) is 29.4. The maximum atomic E-state index is 14.8. The van der Waals surface area contributed by atoms with Gasteiger partial charge in [0.05, 0.1) is 49.2 Å². The van der Waals surface area contributed by atoms with E-state index >= 15 is 0 Å². The van der Waals surface area contributed by atoms with Crippen LogP contribution in [0.15, 0.2) is 48.9 Å². The van der Waals surface area contributed by atoms with Gasteiger partial charge in [0.15, 0.2) is 23.0 Å². The number of anilines is 2. The van der Waals surface area contributed by atoms with Crippen LogP contribution in [0, 0.1) is 23.5 Å². The van der Waals surface area contributed by atoms with Crippen molar-refractivity contribution in [2.24, 2.45) is 11.8 Å². The van der Waals surface area contributed by atoms with Crippen LogP contribution in [0.4, 0.5) is 29.1 Å². The molecule has 0 bridgehead atoms. The molecule has 0 radical (unpaired) electrons. The highest BCUT2D eigenvalue weighted by molar-refractivity contribution is 6.34. The van der Waals surface area contributed by atoms with Gasteiger partial charge in [-0.15, -0.1) is 0 Å². The van der Waals surface area contributed by atoms with Crippen molar-refractivity contribution >= 4 is 47.0 Å². The molecule has 2 amide bonds. The second kappa shape index (κ2) is 18.4. The predicted octanol–water partition coefficient (Wildman–Crippen LogP) is 3.74. The van der Waals surface area contributed by atoms with E-state index in [2.05, 4.69) is 43.0 Å². The van der Waals surface area contributed by atoms with Crippen molar-refractivity contribution in [3.8, 4) is 17.0 Å². The van der Waals surface area contributed by atoms with Crippen LogP contribution in [0.1, 0.15) is 36.0 Å². The SMILES string of the molecule is C[N+]1(CC2CCNC2)CCC(C(=O)NCCCNC(=O)c2ccc(Nc3nccn4c(-c5ccc(OC(F)F)c(F)c5F)cnc34)cc2Cl)CC1.O=C[O-]. The number of hydrogen-bond donors (Lipinski definition) is 4. The van der Waals surface area contributed by atoms with Crippen molar-refractivity contribution in [3.63, 3.8) is 0 Å². The van der Waals surface area contributed by atoms with Gasteiger partial charge >= 0.3 is 6.61 Å². The minimum atomic E-state index is -3.31. The average molecular weight is 777 g/mol. The Morgan fingerprint density at radius 3 is 2.54 bits per heavy atom. The van der Waals surface area contributed by atoms with E-state index in [0.717, 1.165) is 61.6 Å². The monoisotopic (exact) mass is 776 g/mol. The van der Waals surface area contributed by atoms with E-state index in [1.807, 2.05) is 0 Å². The number of halogens is 5. The first-order chi connectivity index (χ1) is 25.9. The van der Waals surface area contributed by atoms with Gasteiger partial charge in [0.2, 0.25) is 11.7 Å². The number of carboxylic acid groups (broad SMARTS) is 1. The Balaban J connectivity index is 0.00000181. The van der Waals surface area contributed by atoms with E-state index in [1.165, 1.54) is 36.0 Å². The fourth-order valence-corrected chi connectivity index (χ4v) is 7.17. The number of likely N-dealkylation sites (tertiary alicyclic amines) is 1. The van der Waals surface area contributed by atoms with Crippen LogP contribution in [-0.2, 0) is 9.59 Å². The summed E-state index contributed by atoms with van der Waals surface area (Å²) in [6, 6.07) is 6.76. The van der Waals surface area contributed by atoms with Gasteiger partial charge in [-0.1, -0.05) is 11.6 Å². The average Bonchev–Trinajstić information content (AvgIpc) is 3.81. The molecule has 2 saturated heterocycles. The number of aromatic nitrogens is 3. The Hall–Kier alpha value is -5.00. The van der Waals surface area contributed by atoms with Crippen molar-refractivity contribution in [2.75, 3.05) is 58.2 Å². The van der Waals surface area contributed by atoms with E-state index in [9.17, 15) is 27.2 Å². The Morgan fingerprint density at radius 1 is 1.11 bits per heavy atom. The molecule has 1 atom stereocenters. The van der Waals surface area contributed by atoms with Crippen LogP contribution in [0.3, 0.4) is 0 Å². The number of carbonyl (C=O) groups is 3. The molecule has 4 heterocycles. The number of nitrogens with zero attached hydrogens (tertiary/aromatic N) is 4. The number of rotatable bonds is 13. The fourth-order valence-electron chi connectivity index (χ4n) is 6.91. The number of nitrogens with one attached hydrogen (secondary N) is 4. The van der Waals surface area contributed by atoms with Crippen LogP contribution >= 0.6 is 11.6 Å². The van der Waals surface area contributed by atoms with Crippen molar-refractivity contribution < 1.29 is 46.3 Å². The molecule has 1 unspecified atom stereocenters. The highest BCUT2D eigenvalue weighted by atomic mass is 35.5. The quantitative estimate of drug-likeness (QED) is 0.0687. The van der Waals surface area contributed by atoms with Crippen LogP contribution in [-0.4, -0.2) is 96.6 Å². The minimum Gasteiger partial charge on any atom is -0.554 e. The van der Waals surface area contributed by atoms with E-state index in [1.54, 1.807) is 18.2 Å².